The number of piperidine rings is 1. The van der Waals surface area contributed by atoms with E-state index in [4.69, 9.17) is 9.84 Å². The first-order valence-corrected chi connectivity index (χ1v) is 11.1. The predicted molar refractivity (Wildman–Crippen MR) is 124 cm³/mol. The van der Waals surface area contributed by atoms with Gasteiger partial charge in [0.1, 0.15) is 5.75 Å². The lowest BCUT2D eigenvalue weighted by atomic mass is 9.93. The van der Waals surface area contributed by atoms with E-state index < -0.39 is 17.5 Å². The van der Waals surface area contributed by atoms with Crippen molar-refractivity contribution in [2.24, 2.45) is 0 Å². The maximum atomic E-state index is 14.9. The van der Waals surface area contributed by atoms with Crippen LogP contribution < -0.4 is 4.74 Å². The Labute approximate surface area is 199 Å². The average molecular weight is 478 g/mol. The van der Waals surface area contributed by atoms with Crippen LogP contribution in [0.15, 0.2) is 67.5 Å². The Morgan fingerprint density at radius 2 is 1.89 bits per heavy atom. The molecule has 0 spiro atoms. The van der Waals surface area contributed by atoms with Crippen molar-refractivity contribution in [3.63, 3.8) is 0 Å². The van der Waals surface area contributed by atoms with E-state index >= 15 is 0 Å². The van der Waals surface area contributed by atoms with Crippen molar-refractivity contribution < 1.29 is 22.7 Å². The van der Waals surface area contributed by atoms with Crippen molar-refractivity contribution in [2.75, 3.05) is 13.1 Å². The second-order valence-electron chi connectivity index (χ2n) is 8.29. The standard InChI is InChI=1S/C26H21F3N4O2/c1-2-23(34)32-12-4-5-16(15-32)26-24-20(28)13-30-14-21(24)33(31-26)17-8-10-18(11-9-17)35-22-7-3-6-19(27)25(22)29/h2-3,6-11,13-14,16H,1,4-5,12,15H2/t16-/m1/s1. The number of fused-ring (bicyclic) bond motifs is 1. The molecule has 1 fully saturated rings. The predicted octanol–water partition coefficient (Wildman–Crippen LogP) is 5.52. The molecule has 5 rings (SSSR count). The molecule has 4 aromatic rings. The van der Waals surface area contributed by atoms with E-state index in [-0.39, 0.29) is 17.6 Å². The van der Waals surface area contributed by atoms with E-state index in [9.17, 15) is 18.0 Å². The van der Waals surface area contributed by atoms with Crippen LogP contribution in [0, 0.1) is 17.5 Å². The van der Waals surface area contributed by atoms with Gasteiger partial charge in [0, 0.05) is 19.0 Å². The summed E-state index contributed by atoms with van der Waals surface area (Å²) >= 11 is 0. The molecular formula is C26H21F3N4O2. The van der Waals surface area contributed by atoms with Crippen molar-refractivity contribution in [3.8, 4) is 17.2 Å². The highest BCUT2D eigenvalue weighted by atomic mass is 19.2. The zero-order valence-corrected chi connectivity index (χ0v) is 18.6. The van der Waals surface area contributed by atoms with Gasteiger partial charge in [-0.3, -0.25) is 9.78 Å². The maximum Gasteiger partial charge on any atom is 0.245 e. The summed E-state index contributed by atoms with van der Waals surface area (Å²) in [5.41, 5.74) is 1.65. The number of nitrogens with zero attached hydrogens (tertiary/aromatic N) is 4. The highest BCUT2D eigenvalue weighted by molar-refractivity contribution is 5.87. The van der Waals surface area contributed by atoms with Crippen LogP contribution in [-0.2, 0) is 4.79 Å². The van der Waals surface area contributed by atoms with Gasteiger partial charge >= 0.3 is 0 Å². The van der Waals surface area contributed by atoms with Crippen LogP contribution in [0.1, 0.15) is 24.5 Å². The van der Waals surface area contributed by atoms with Crippen LogP contribution in [0.4, 0.5) is 13.2 Å². The quantitative estimate of drug-likeness (QED) is 0.355. The van der Waals surface area contributed by atoms with Crippen LogP contribution in [0.2, 0.25) is 0 Å². The summed E-state index contributed by atoms with van der Waals surface area (Å²) < 4.78 is 49.4. The number of pyridine rings is 1. The minimum absolute atomic E-state index is 0.146. The van der Waals surface area contributed by atoms with Gasteiger partial charge in [-0.25, -0.2) is 13.5 Å². The highest BCUT2D eigenvalue weighted by Gasteiger charge is 2.29. The number of halogens is 3. The molecule has 0 radical (unpaired) electrons. The largest absolute Gasteiger partial charge is 0.454 e. The molecule has 2 aromatic heterocycles. The summed E-state index contributed by atoms with van der Waals surface area (Å²) in [6.07, 6.45) is 5.51. The van der Waals surface area contributed by atoms with Crippen molar-refractivity contribution in [1.82, 2.24) is 19.7 Å². The SMILES string of the molecule is C=CC(=O)N1CCC[C@@H](c2nn(-c3ccc(Oc4cccc(F)c4F)cc3)c3cncc(F)c23)C1. The van der Waals surface area contributed by atoms with Gasteiger partial charge in [0.2, 0.25) is 11.7 Å². The van der Waals surface area contributed by atoms with E-state index in [1.165, 1.54) is 24.4 Å². The van der Waals surface area contributed by atoms with Crippen molar-refractivity contribution in [3.05, 3.63) is 90.7 Å². The minimum Gasteiger partial charge on any atom is -0.454 e. The van der Waals surface area contributed by atoms with Crippen LogP contribution in [0.5, 0.6) is 11.5 Å². The van der Waals surface area contributed by atoms with Crippen molar-refractivity contribution in [1.29, 1.82) is 0 Å². The fourth-order valence-electron chi connectivity index (χ4n) is 4.41. The maximum absolute atomic E-state index is 14.9. The van der Waals surface area contributed by atoms with E-state index in [0.717, 1.165) is 25.1 Å². The Morgan fingerprint density at radius 3 is 2.66 bits per heavy atom. The van der Waals surface area contributed by atoms with Crippen LogP contribution in [-0.4, -0.2) is 38.7 Å². The monoisotopic (exact) mass is 478 g/mol. The number of hydrogen-bond acceptors (Lipinski definition) is 4. The second-order valence-corrected chi connectivity index (χ2v) is 8.29. The Morgan fingerprint density at radius 1 is 1.09 bits per heavy atom. The molecule has 178 valence electrons. The van der Waals surface area contributed by atoms with Crippen LogP contribution in [0.25, 0.3) is 16.6 Å². The molecule has 1 atom stereocenters. The van der Waals surface area contributed by atoms with Gasteiger partial charge in [-0.15, -0.1) is 0 Å². The van der Waals surface area contributed by atoms with E-state index in [1.807, 2.05) is 0 Å². The van der Waals surface area contributed by atoms with E-state index in [1.54, 1.807) is 33.8 Å². The number of carbonyl (C=O) groups is 1. The topological polar surface area (TPSA) is 60.2 Å². The number of aromatic nitrogens is 3. The van der Waals surface area contributed by atoms with Gasteiger partial charge in [0.15, 0.2) is 17.4 Å². The molecule has 1 aliphatic heterocycles. The average Bonchev–Trinajstić information content (AvgIpc) is 3.28. The number of likely N-dealkylation sites (tertiary alicyclic amines) is 1. The van der Waals surface area contributed by atoms with Crippen LogP contribution in [0.3, 0.4) is 0 Å². The second kappa shape index (κ2) is 9.25. The molecule has 0 N–H and O–H groups in total. The first kappa shape index (κ1) is 22.6. The molecule has 9 heteroatoms. The van der Waals surface area contributed by atoms with Gasteiger partial charge < -0.3 is 9.64 Å². The molecule has 3 heterocycles. The minimum atomic E-state index is -1.07. The molecule has 0 unspecified atom stereocenters. The summed E-state index contributed by atoms with van der Waals surface area (Å²) in [5, 5.41) is 5.09. The Hall–Kier alpha value is -4.14. The summed E-state index contributed by atoms with van der Waals surface area (Å²) in [6, 6.07) is 10.2. The van der Waals surface area contributed by atoms with Crippen molar-refractivity contribution >= 4 is 16.8 Å². The van der Waals surface area contributed by atoms with Gasteiger partial charge in [-0.1, -0.05) is 12.6 Å². The lowest BCUT2D eigenvalue weighted by molar-refractivity contribution is -0.127. The fraction of sp³-hybridized carbons (Fsp3) is 0.192. The summed E-state index contributed by atoms with van der Waals surface area (Å²) in [5.74, 6) is -2.80. The zero-order chi connectivity index (χ0) is 24.5. The third-order valence-corrected chi connectivity index (χ3v) is 6.09. The van der Waals surface area contributed by atoms with Gasteiger partial charge in [0.05, 0.1) is 34.7 Å². The number of benzene rings is 2. The first-order chi connectivity index (χ1) is 17.0. The van der Waals surface area contributed by atoms with Crippen LogP contribution >= 0.6 is 0 Å². The van der Waals surface area contributed by atoms with Gasteiger partial charge in [-0.2, -0.15) is 9.49 Å². The first-order valence-electron chi connectivity index (χ1n) is 11.1. The van der Waals surface area contributed by atoms with Gasteiger partial charge in [0.25, 0.3) is 0 Å². The Balaban J connectivity index is 1.49. The van der Waals surface area contributed by atoms with Crippen molar-refractivity contribution in [2.45, 2.75) is 18.8 Å². The third-order valence-electron chi connectivity index (χ3n) is 6.09. The number of amides is 1. The summed E-state index contributed by atoms with van der Waals surface area (Å²) in [4.78, 5) is 17.8. The highest BCUT2D eigenvalue weighted by Crippen LogP contribution is 2.34. The Kier molecular flexibility index (Phi) is 5.98. The third kappa shape index (κ3) is 4.25. The molecule has 1 saturated heterocycles. The molecule has 0 aliphatic carbocycles. The molecule has 6 nitrogen and oxygen atoms in total. The Bertz CT molecular complexity index is 1420. The number of ether oxygens (including phenoxy) is 1. The zero-order valence-electron chi connectivity index (χ0n) is 18.6. The van der Waals surface area contributed by atoms with E-state index in [2.05, 4.69) is 11.6 Å². The molecule has 2 aromatic carbocycles. The molecule has 1 amide bonds. The lowest BCUT2D eigenvalue weighted by Gasteiger charge is -2.31. The smallest absolute Gasteiger partial charge is 0.245 e. The molecule has 1 aliphatic rings. The van der Waals surface area contributed by atoms with Gasteiger partial charge in [-0.05, 0) is 55.3 Å². The number of carbonyl (C=O) groups excluding carboxylic acids is 1. The molecule has 35 heavy (non-hydrogen) atoms. The normalized spacial score (nSPS) is 15.9. The number of hydrogen-bond donors (Lipinski definition) is 0. The molecule has 0 bridgehead atoms. The summed E-state index contributed by atoms with van der Waals surface area (Å²) in [6.45, 7) is 4.60. The number of rotatable bonds is 5. The molecular weight excluding hydrogens is 457 g/mol. The molecule has 0 saturated carbocycles. The summed E-state index contributed by atoms with van der Waals surface area (Å²) in [7, 11) is 0. The lowest BCUT2D eigenvalue weighted by Crippen LogP contribution is -2.38. The fourth-order valence-corrected chi connectivity index (χ4v) is 4.41. The van der Waals surface area contributed by atoms with E-state index in [0.29, 0.717) is 41.1 Å².